The lowest BCUT2D eigenvalue weighted by Crippen LogP contribution is -2.21. The third-order valence-electron chi connectivity index (χ3n) is 3.17. The number of nitrogens with zero attached hydrogens (tertiary/aromatic N) is 3. The molecule has 0 fully saturated rings. The van der Waals surface area contributed by atoms with Crippen molar-refractivity contribution < 1.29 is 21.6 Å². The summed E-state index contributed by atoms with van der Waals surface area (Å²) in [5.41, 5.74) is 0.538. The molecule has 0 atom stereocenters. The lowest BCUT2D eigenvalue weighted by molar-refractivity contribution is -0.115. The molecule has 0 bridgehead atoms. The van der Waals surface area contributed by atoms with Crippen LogP contribution in [0.4, 0.5) is 24.5 Å². The van der Waals surface area contributed by atoms with Crippen LogP contribution in [0.25, 0.3) is 5.52 Å². The Labute approximate surface area is 140 Å². The van der Waals surface area contributed by atoms with Crippen LogP contribution in [-0.4, -0.2) is 36.0 Å². The zero-order valence-corrected chi connectivity index (χ0v) is 13.3. The smallest absolute Gasteiger partial charge is 0.376 e. The number of benzene rings is 1. The first kappa shape index (κ1) is 17.0. The van der Waals surface area contributed by atoms with Crippen molar-refractivity contribution >= 4 is 26.9 Å². The molecule has 2 aromatic heterocycles. The van der Waals surface area contributed by atoms with E-state index in [2.05, 4.69) is 20.2 Å². The molecule has 11 heteroatoms. The van der Waals surface area contributed by atoms with E-state index in [9.17, 15) is 21.6 Å². The van der Waals surface area contributed by atoms with Crippen LogP contribution < -0.4 is 10.0 Å². The van der Waals surface area contributed by atoms with E-state index in [1.807, 2.05) is 0 Å². The maximum absolute atomic E-state index is 12.5. The summed E-state index contributed by atoms with van der Waals surface area (Å²) in [6, 6.07) is 8.65. The summed E-state index contributed by atoms with van der Waals surface area (Å²) in [6.07, 6.45) is -1.77. The summed E-state index contributed by atoms with van der Waals surface area (Å²) in [4.78, 5) is -0.0887. The number of rotatable bonds is 5. The van der Waals surface area contributed by atoms with Gasteiger partial charge in [0.15, 0.2) is 0 Å². The minimum Gasteiger partial charge on any atom is -0.376 e. The summed E-state index contributed by atoms with van der Waals surface area (Å²) in [6.45, 7) is -1.22. The number of sulfonamides is 1. The number of hydrogen-bond acceptors (Lipinski definition) is 5. The molecule has 0 spiro atoms. The Bertz CT molecular complexity index is 1000. The van der Waals surface area contributed by atoms with Gasteiger partial charge in [-0.25, -0.2) is 8.42 Å². The topological polar surface area (TPSA) is 88.4 Å². The van der Waals surface area contributed by atoms with E-state index < -0.39 is 22.7 Å². The average Bonchev–Trinajstić information content (AvgIpc) is 2.97. The maximum Gasteiger partial charge on any atom is 0.405 e. The van der Waals surface area contributed by atoms with Crippen molar-refractivity contribution in [3.05, 3.63) is 48.8 Å². The lowest BCUT2D eigenvalue weighted by atomic mass is 10.3. The summed E-state index contributed by atoms with van der Waals surface area (Å²) >= 11 is 0. The van der Waals surface area contributed by atoms with Crippen molar-refractivity contribution in [2.75, 3.05) is 16.6 Å². The number of fused-ring (bicyclic) bond motifs is 1. The molecule has 0 unspecified atom stereocenters. The van der Waals surface area contributed by atoms with Crippen molar-refractivity contribution in [3.8, 4) is 0 Å². The normalized spacial score (nSPS) is 12.3. The predicted molar refractivity (Wildman–Crippen MR) is 84.8 cm³/mol. The fourth-order valence-corrected chi connectivity index (χ4v) is 3.28. The maximum atomic E-state index is 12.5. The summed E-state index contributed by atoms with van der Waals surface area (Å²) in [7, 11) is -3.98. The SMILES string of the molecule is O=S(=O)(Nc1cccc(NCC(F)(F)F)c1)c1cnn2ncccc12. The quantitative estimate of drug-likeness (QED) is 0.719. The van der Waals surface area contributed by atoms with Crippen LogP contribution in [0.5, 0.6) is 0 Å². The van der Waals surface area contributed by atoms with Crippen molar-refractivity contribution in [3.63, 3.8) is 0 Å². The number of aromatic nitrogens is 3. The van der Waals surface area contributed by atoms with Gasteiger partial charge in [0.2, 0.25) is 0 Å². The van der Waals surface area contributed by atoms with Crippen molar-refractivity contribution in [2.24, 2.45) is 0 Å². The second-order valence-electron chi connectivity index (χ2n) is 5.06. The standard InChI is InChI=1S/C14H12F3N5O2S/c15-14(16,17)9-18-10-3-1-4-11(7-10)21-25(23,24)13-8-20-22-12(13)5-2-6-19-22/h1-8,18,21H,9H2. The second kappa shape index (κ2) is 6.24. The van der Waals surface area contributed by atoms with Crippen LogP contribution in [0.3, 0.4) is 0 Å². The molecular weight excluding hydrogens is 359 g/mol. The summed E-state index contributed by atoms with van der Waals surface area (Å²) < 4.78 is 65.3. The molecule has 0 radical (unpaired) electrons. The number of hydrogen-bond donors (Lipinski definition) is 2. The Morgan fingerprint density at radius 2 is 1.84 bits per heavy atom. The lowest BCUT2D eigenvalue weighted by Gasteiger charge is -2.12. The van der Waals surface area contributed by atoms with Crippen LogP contribution in [0.15, 0.2) is 53.7 Å². The first-order valence-electron chi connectivity index (χ1n) is 6.97. The molecular formula is C14H12F3N5O2S. The molecule has 132 valence electrons. The minimum atomic E-state index is -4.38. The molecule has 0 saturated heterocycles. The van der Waals surface area contributed by atoms with Crippen LogP contribution >= 0.6 is 0 Å². The molecule has 25 heavy (non-hydrogen) atoms. The molecule has 0 aliphatic rings. The molecule has 3 rings (SSSR count). The van der Waals surface area contributed by atoms with Gasteiger partial charge in [0.05, 0.1) is 11.9 Å². The van der Waals surface area contributed by atoms with E-state index in [0.717, 1.165) is 10.8 Å². The molecule has 0 aliphatic carbocycles. The number of alkyl halides is 3. The molecule has 2 N–H and O–H groups in total. The van der Waals surface area contributed by atoms with Gasteiger partial charge >= 0.3 is 6.18 Å². The van der Waals surface area contributed by atoms with Gasteiger partial charge in [-0.3, -0.25) is 4.72 Å². The highest BCUT2D eigenvalue weighted by Crippen LogP contribution is 2.23. The Morgan fingerprint density at radius 1 is 1.08 bits per heavy atom. The first-order valence-corrected chi connectivity index (χ1v) is 8.45. The average molecular weight is 371 g/mol. The van der Waals surface area contributed by atoms with Gasteiger partial charge in [0, 0.05) is 11.9 Å². The largest absolute Gasteiger partial charge is 0.405 e. The predicted octanol–water partition coefficient (Wildman–Crippen LogP) is 2.50. The van der Waals surface area contributed by atoms with E-state index in [0.29, 0.717) is 0 Å². The number of anilines is 2. The van der Waals surface area contributed by atoms with Gasteiger partial charge in [-0.1, -0.05) is 6.07 Å². The number of nitrogens with one attached hydrogen (secondary N) is 2. The van der Waals surface area contributed by atoms with Crippen molar-refractivity contribution in [1.29, 1.82) is 0 Å². The second-order valence-corrected chi connectivity index (χ2v) is 6.71. The zero-order valence-electron chi connectivity index (χ0n) is 12.5. The third-order valence-corrected chi connectivity index (χ3v) is 4.56. The van der Waals surface area contributed by atoms with Crippen LogP contribution in [-0.2, 0) is 10.0 Å². The molecule has 0 amide bonds. The monoisotopic (exact) mass is 371 g/mol. The highest BCUT2D eigenvalue weighted by atomic mass is 32.2. The van der Waals surface area contributed by atoms with Gasteiger partial charge in [-0.2, -0.15) is 28.0 Å². The van der Waals surface area contributed by atoms with E-state index >= 15 is 0 Å². The molecule has 0 saturated carbocycles. The highest BCUT2D eigenvalue weighted by Gasteiger charge is 2.26. The van der Waals surface area contributed by atoms with E-state index in [4.69, 9.17) is 0 Å². The van der Waals surface area contributed by atoms with Gasteiger partial charge in [-0.15, -0.1) is 0 Å². The van der Waals surface area contributed by atoms with E-state index in [-0.39, 0.29) is 21.8 Å². The molecule has 0 aliphatic heterocycles. The fraction of sp³-hybridized carbons (Fsp3) is 0.143. The van der Waals surface area contributed by atoms with Crippen LogP contribution in [0.2, 0.25) is 0 Å². The minimum absolute atomic E-state index is 0.0887. The van der Waals surface area contributed by atoms with E-state index in [1.165, 1.54) is 36.5 Å². The van der Waals surface area contributed by atoms with Crippen molar-refractivity contribution in [1.82, 2.24) is 14.8 Å². The third kappa shape index (κ3) is 3.99. The Kier molecular flexibility index (Phi) is 4.25. The Hall–Kier alpha value is -2.82. The summed E-state index contributed by atoms with van der Waals surface area (Å²) in [5.74, 6) is 0. The van der Waals surface area contributed by atoms with Crippen molar-refractivity contribution in [2.45, 2.75) is 11.1 Å². The molecule has 3 aromatic rings. The zero-order chi connectivity index (χ0) is 18.1. The Morgan fingerprint density at radius 3 is 2.60 bits per heavy atom. The highest BCUT2D eigenvalue weighted by molar-refractivity contribution is 7.93. The van der Waals surface area contributed by atoms with Crippen LogP contribution in [0.1, 0.15) is 0 Å². The Balaban J connectivity index is 1.84. The van der Waals surface area contributed by atoms with Gasteiger partial charge in [-0.05, 0) is 30.3 Å². The first-order chi connectivity index (χ1) is 11.7. The van der Waals surface area contributed by atoms with E-state index in [1.54, 1.807) is 6.07 Å². The van der Waals surface area contributed by atoms with Gasteiger partial charge < -0.3 is 5.32 Å². The molecule has 7 nitrogen and oxygen atoms in total. The summed E-state index contributed by atoms with van der Waals surface area (Å²) in [5, 5.41) is 9.92. The fourth-order valence-electron chi connectivity index (χ4n) is 2.12. The molecule has 1 aromatic carbocycles. The van der Waals surface area contributed by atoms with Crippen LogP contribution in [0, 0.1) is 0 Å². The molecule has 2 heterocycles. The van der Waals surface area contributed by atoms with Gasteiger partial charge in [0.1, 0.15) is 17.0 Å². The van der Waals surface area contributed by atoms with Gasteiger partial charge in [0.25, 0.3) is 10.0 Å². The number of halogens is 3.